The summed E-state index contributed by atoms with van der Waals surface area (Å²) in [6.45, 7) is 21.6. The summed E-state index contributed by atoms with van der Waals surface area (Å²) in [6.07, 6.45) is 43.7. The van der Waals surface area contributed by atoms with Crippen molar-refractivity contribution >= 4 is 23.8 Å². The van der Waals surface area contributed by atoms with E-state index in [1.807, 2.05) is 0 Å². The number of aryl methyl sites for hydroxylation is 3. The van der Waals surface area contributed by atoms with Crippen LogP contribution in [0.3, 0.4) is 0 Å². The van der Waals surface area contributed by atoms with E-state index in [2.05, 4.69) is 98.7 Å². The van der Waals surface area contributed by atoms with Crippen LogP contribution in [0.2, 0.25) is 0 Å². The van der Waals surface area contributed by atoms with E-state index in [0.717, 1.165) is 38.5 Å². The Balaban J connectivity index is 2.24. The van der Waals surface area contributed by atoms with E-state index in [1.165, 1.54) is 173 Å². The van der Waals surface area contributed by atoms with Crippen LogP contribution in [0.25, 0.3) is 0 Å². The van der Waals surface area contributed by atoms with Gasteiger partial charge in [-0.1, -0.05) is 234 Å². The Kier molecular flexibility index (Phi) is 28.6. The topological polar surface area (TPSA) is 0 Å². The van der Waals surface area contributed by atoms with E-state index >= 15 is 0 Å². The largest absolute Gasteiger partial charge is 0.0654 e. The fourth-order valence-electron chi connectivity index (χ4n) is 10.7. The lowest BCUT2D eigenvalue weighted by atomic mass is 9.93. The monoisotopic (exact) mass is 851 g/mol. The average molecular weight is 851 g/mol. The normalized spacial score (nSPS) is 11.7. The summed E-state index contributed by atoms with van der Waals surface area (Å²) in [5.74, 6) is 0. The summed E-state index contributed by atoms with van der Waals surface area (Å²) in [7, 11) is -0.730. The van der Waals surface area contributed by atoms with Gasteiger partial charge in [0.2, 0.25) is 0 Å². The third kappa shape index (κ3) is 17.2. The summed E-state index contributed by atoms with van der Waals surface area (Å²) in [5.41, 5.74) is 15.1. The van der Waals surface area contributed by atoms with Crippen molar-refractivity contribution in [3.63, 3.8) is 0 Å². The van der Waals surface area contributed by atoms with Crippen molar-refractivity contribution in [2.45, 2.75) is 274 Å². The first-order valence-electron chi connectivity index (χ1n) is 27.2. The van der Waals surface area contributed by atoms with Gasteiger partial charge in [-0.05, 0) is 151 Å². The van der Waals surface area contributed by atoms with Crippen LogP contribution >= 0.6 is 7.92 Å². The second-order valence-corrected chi connectivity index (χ2v) is 20.9. The van der Waals surface area contributed by atoms with E-state index in [9.17, 15) is 0 Å². The Hall–Kier alpha value is -1.91. The maximum atomic E-state index is 2.68. The lowest BCUT2D eigenvalue weighted by Crippen LogP contribution is -2.31. The predicted molar refractivity (Wildman–Crippen MR) is 280 cm³/mol. The highest BCUT2D eigenvalue weighted by molar-refractivity contribution is 7.80. The summed E-state index contributed by atoms with van der Waals surface area (Å²) < 4.78 is 0. The van der Waals surface area contributed by atoms with Crippen LogP contribution in [0, 0.1) is 0 Å². The summed E-state index contributed by atoms with van der Waals surface area (Å²) in [4.78, 5) is 0. The average Bonchev–Trinajstić information content (AvgIpc) is 3.29. The van der Waals surface area contributed by atoms with Crippen molar-refractivity contribution in [1.29, 1.82) is 0 Å². The Labute approximate surface area is 382 Å². The molecule has 0 fully saturated rings. The van der Waals surface area contributed by atoms with Crippen molar-refractivity contribution in [2.75, 3.05) is 0 Å². The molecule has 3 aromatic carbocycles. The van der Waals surface area contributed by atoms with Crippen LogP contribution in [0.1, 0.15) is 266 Å². The molecule has 0 radical (unpaired) electrons. The smallest absolute Gasteiger partial charge is 0.0116 e. The third-order valence-corrected chi connectivity index (χ3v) is 17.0. The maximum Gasteiger partial charge on any atom is -0.0116 e. The van der Waals surface area contributed by atoms with Gasteiger partial charge >= 0.3 is 0 Å². The molecule has 1 heteroatoms. The Morgan fingerprint density at radius 1 is 0.246 bits per heavy atom. The van der Waals surface area contributed by atoms with Gasteiger partial charge in [0.05, 0.1) is 0 Å². The van der Waals surface area contributed by atoms with Crippen molar-refractivity contribution in [2.24, 2.45) is 0 Å². The predicted octanol–water partition coefficient (Wildman–Crippen LogP) is 17.9. The fourth-order valence-corrected chi connectivity index (χ4v) is 13.7. The molecule has 0 spiro atoms. The number of hydrogen-bond acceptors (Lipinski definition) is 0. The van der Waals surface area contributed by atoms with Gasteiger partial charge in [-0.3, -0.25) is 0 Å². The molecule has 0 nitrogen and oxygen atoms in total. The molecule has 0 bridgehead atoms. The van der Waals surface area contributed by atoms with E-state index in [1.54, 1.807) is 66.0 Å². The molecule has 0 saturated heterocycles. The zero-order valence-electron chi connectivity index (χ0n) is 42.2. The molecular formula is C60H99P. The molecule has 3 aromatic rings. The number of rotatable bonds is 36. The van der Waals surface area contributed by atoms with Gasteiger partial charge in [-0.15, -0.1) is 0 Å². The molecular weight excluding hydrogens is 752 g/mol. The highest BCUT2D eigenvalue weighted by atomic mass is 31.1. The van der Waals surface area contributed by atoms with Crippen LogP contribution < -0.4 is 15.9 Å². The van der Waals surface area contributed by atoms with Gasteiger partial charge < -0.3 is 0 Å². The summed E-state index contributed by atoms with van der Waals surface area (Å²) >= 11 is 0. The SMILES string of the molecule is CCCCCCCCCCc1c(P(c2ccc(CC)c(CC)c2CCCCCCCCCC)c2ccc(CC)c(CC)c2CCCCCCCCCC)ccc(CC)c1CC. The molecule has 0 aromatic heterocycles. The molecule has 0 N–H and O–H groups in total. The molecule has 0 aliphatic carbocycles. The first kappa shape index (κ1) is 53.4. The molecule has 3 rings (SSSR count). The molecule has 0 atom stereocenters. The van der Waals surface area contributed by atoms with Gasteiger partial charge in [0.1, 0.15) is 0 Å². The number of hydrogen-bond donors (Lipinski definition) is 0. The van der Waals surface area contributed by atoms with E-state index in [4.69, 9.17) is 0 Å². The van der Waals surface area contributed by atoms with Crippen molar-refractivity contribution in [3.05, 3.63) is 86.5 Å². The van der Waals surface area contributed by atoms with Gasteiger partial charge in [-0.2, -0.15) is 0 Å². The molecule has 0 saturated carbocycles. The van der Waals surface area contributed by atoms with Crippen molar-refractivity contribution in [1.82, 2.24) is 0 Å². The van der Waals surface area contributed by atoms with Crippen LogP contribution in [0.4, 0.5) is 0 Å². The summed E-state index contributed by atoms with van der Waals surface area (Å²) in [5, 5.41) is 5.12. The van der Waals surface area contributed by atoms with Crippen molar-refractivity contribution in [3.8, 4) is 0 Å². The van der Waals surface area contributed by atoms with E-state index in [-0.39, 0.29) is 0 Å². The van der Waals surface area contributed by atoms with Crippen LogP contribution in [0.15, 0.2) is 36.4 Å². The van der Waals surface area contributed by atoms with Crippen LogP contribution in [-0.4, -0.2) is 0 Å². The number of unbranched alkanes of at least 4 members (excludes halogenated alkanes) is 21. The molecule has 0 aliphatic heterocycles. The second kappa shape index (κ2) is 32.7. The standard InChI is InChI=1S/C60H99P/c1-10-19-22-25-28-31-34-37-40-55-52(16-7)49(13-4)43-46-58(55)61(59-47-44-50(14-5)53(17-8)56(59)41-38-35-32-29-26-23-20-11-2)60-48-45-51(15-6)54(18-9)57(60)42-39-36-33-30-27-24-21-12-3/h43-48H,10-42H2,1-9H3. The van der Waals surface area contributed by atoms with Gasteiger partial charge in [-0.25, -0.2) is 0 Å². The third-order valence-electron chi connectivity index (χ3n) is 14.3. The second-order valence-electron chi connectivity index (χ2n) is 18.7. The molecule has 0 unspecified atom stereocenters. The minimum Gasteiger partial charge on any atom is -0.0654 e. The Morgan fingerprint density at radius 2 is 0.475 bits per heavy atom. The van der Waals surface area contributed by atoms with Gasteiger partial charge in [0.15, 0.2) is 0 Å². The van der Waals surface area contributed by atoms with Gasteiger partial charge in [0, 0.05) is 0 Å². The van der Waals surface area contributed by atoms with Crippen LogP contribution in [0.5, 0.6) is 0 Å². The Bertz CT molecular complexity index is 1400. The lowest BCUT2D eigenvalue weighted by Gasteiger charge is -2.31. The highest BCUT2D eigenvalue weighted by Gasteiger charge is 2.29. The number of benzene rings is 3. The van der Waals surface area contributed by atoms with E-state index < -0.39 is 7.92 Å². The Morgan fingerprint density at radius 3 is 0.689 bits per heavy atom. The lowest BCUT2D eigenvalue weighted by molar-refractivity contribution is 0.575. The first-order chi connectivity index (χ1) is 30.0. The molecule has 344 valence electrons. The first-order valence-corrected chi connectivity index (χ1v) is 28.5. The van der Waals surface area contributed by atoms with E-state index in [0.29, 0.717) is 0 Å². The molecule has 0 heterocycles. The quantitative estimate of drug-likeness (QED) is 0.0404. The zero-order chi connectivity index (χ0) is 44.1. The molecule has 0 amide bonds. The minimum atomic E-state index is -0.730. The zero-order valence-corrected chi connectivity index (χ0v) is 43.1. The summed E-state index contributed by atoms with van der Waals surface area (Å²) in [6, 6.07) is 15.8. The molecule has 0 aliphatic rings. The minimum absolute atomic E-state index is 0.730. The maximum absolute atomic E-state index is 2.68. The van der Waals surface area contributed by atoms with Gasteiger partial charge in [0.25, 0.3) is 0 Å². The van der Waals surface area contributed by atoms with Crippen LogP contribution in [-0.2, 0) is 57.8 Å². The van der Waals surface area contributed by atoms with Crippen molar-refractivity contribution < 1.29 is 0 Å². The molecule has 61 heavy (non-hydrogen) atoms. The highest BCUT2D eigenvalue weighted by Crippen LogP contribution is 2.42. The fraction of sp³-hybridized carbons (Fsp3) is 0.700.